The highest BCUT2D eigenvalue weighted by atomic mass is 16.3. The molecule has 94 heavy (non-hydrogen) atoms. The van der Waals surface area contributed by atoms with Gasteiger partial charge in [-0.2, -0.15) is 0 Å². The molecule has 2 aromatic carbocycles. The first-order valence-electron chi connectivity index (χ1n) is 33.0. The zero-order chi connectivity index (χ0) is 69.7. The average Bonchev–Trinajstić information content (AvgIpc) is 1.60. The van der Waals surface area contributed by atoms with Crippen LogP contribution in [0.25, 0.3) is 0 Å². The van der Waals surface area contributed by atoms with Crippen LogP contribution in [0.1, 0.15) is 145 Å². The summed E-state index contributed by atoms with van der Waals surface area (Å²) in [6.07, 6.45) is 1.45. The number of aromatic hydroxyl groups is 2. The van der Waals surface area contributed by atoms with Gasteiger partial charge in [0.05, 0.1) is 0 Å². The number of carbonyl (C=O) groups is 12. The van der Waals surface area contributed by atoms with E-state index in [1.54, 1.807) is 52.0 Å². The lowest BCUT2D eigenvalue weighted by atomic mass is 9.99. The van der Waals surface area contributed by atoms with Crippen molar-refractivity contribution in [3.63, 3.8) is 0 Å². The lowest BCUT2D eigenvalue weighted by Crippen LogP contribution is -2.62. The summed E-state index contributed by atoms with van der Waals surface area (Å²) in [7, 11) is 0. The Morgan fingerprint density at radius 3 is 1.01 bits per heavy atom. The molecule has 28 nitrogen and oxygen atoms in total. The summed E-state index contributed by atoms with van der Waals surface area (Å²) < 4.78 is 0. The fraction of sp³-hybridized carbons (Fsp3) is 0.636. The van der Waals surface area contributed by atoms with Crippen LogP contribution in [0.3, 0.4) is 0 Å². The summed E-state index contributed by atoms with van der Waals surface area (Å²) in [6, 6.07) is -3.47. The van der Waals surface area contributed by atoms with E-state index in [-0.39, 0.29) is 114 Å². The molecule has 2 aromatic rings. The molecular weight excluding hydrogens is 1210 g/mol. The van der Waals surface area contributed by atoms with Crippen LogP contribution >= 0.6 is 0 Å². The standard InChI is InChI=1S/C66H102N14O14/c1-35(2)31-47-57(85)69-39(9)65(93)79-29-13-17-51(79)61(89)75-50(34-42-21-25-44(82)26-22-42)60(88)78-54(38(7)8)64(92)72-46(16-12-28-68)56(84)74-48(32-36(3)4)58(86)70-40(10)66(94)80-30-14-18-52(80)62(90)76-49(33-41-19-23-43(81)24-20-41)59(87)77-53(37(5)6)63(91)71-45(15-11-27-67)55(83)73-47/h19-26,35-40,45-54,81-82H,11-18,27-34,67-68H2,1-10H3,(H,69,85)(H,70,86)(H,71,91)(H,72,92)(H,73,83)(H,74,84)(H,75,89)(H,76,90)(H,77,87)(H,78,88)/t39-,40-,45+,46+,47+,48+,49-,50-,51+,52+,53+,54+/m1/s1. The van der Waals surface area contributed by atoms with E-state index in [0.717, 1.165) is 0 Å². The van der Waals surface area contributed by atoms with Crippen LogP contribution in [0.4, 0.5) is 0 Å². The first-order valence-corrected chi connectivity index (χ1v) is 33.0. The number of carbonyl (C=O) groups excluding carboxylic acids is 12. The van der Waals surface area contributed by atoms with E-state index in [1.165, 1.54) is 47.9 Å². The van der Waals surface area contributed by atoms with Crippen LogP contribution in [0.15, 0.2) is 48.5 Å². The molecule has 3 saturated heterocycles. The highest BCUT2D eigenvalue weighted by molar-refractivity contribution is 6.00. The quantitative estimate of drug-likeness (QED) is 0.102. The molecule has 3 heterocycles. The van der Waals surface area contributed by atoms with Gasteiger partial charge in [-0.25, -0.2) is 0 Å². The van der Waals surface area contributed by atoms with Crippen LogP contribution in [-0.4, -0.2) is 190 Å². The number of hydrogen-bond donors (Lipinski definition) is 14. The van der Waals surface area contributed by atoms with Gasteiger partial charge in [0, 0.05) is 25.9 Å². The van der Waals surface area contributed by atoms with Gasteiger partial charge in [0.25, 0.3) is 0 Å². The second-order valence-corrected chi connectivity index (χ2v) is 26.5. The molecule has 0 saturated carbocycles. The number of nitrogens with two attached hydrogens (primary N) is 2. The zero-order valence-corrected chi connectivity index (χ0v) is 56.0. The van der Waals surface area contributed by atoms with Crippen LogP contribution in [-0.2, 0) is 70.4 Å². The molecule has 3 aliphatic heterocycles. The number of amides is 12. The molecule has 28 heteroatoms. The third-order valence-electron chi connectivity index (χ3n) is 17.0. The summed E-state index contributed by atoms with van der Waals surface area (Å²) in [5.41, 5.74) is 12.8. The topological polar surface area (TPSA) is 424 Å². The number of nitrogens with one attached hydrogen (secondary N) is 10. The monoisotopic (exact) mass is 1310 g/mol. The smallest absolute Gasteiger partial charge is 0.245 e. The lowest BCUT2D eigenvalue weighted by molar-refractivity contribution is -0.142. The fourth-order valence-electron chi connectivity index (χ4n) is 11.8. The van der Waals surface area contributed by atoms with Crippen molar-refractivity contribution < 1.29 is 67.7 Å². The summed E-state index contributed by atoms with van der Waals surface area (Å²) in [5.74, 6) is -10.7. The first-order chi connectivity index (χ1) is 44.4. The van der Waals surface area contributed by atoms with Gasteiger partial charge in [-0.3, -0.25) is 57.5 Å². The molecule has 0 unspecified atom stereocenters. The minimum absolute atomic E-state index is 0.00479. The van der Waals surface area contributed by atoms with Crippen molar-refractivity contribution in [3.8, 4) is 11.5 Å². The van der Waals surface area contributed by atoms with Crippen molar-refractivity contribution in [2.24, 2.45) is 35.1 Å². The number of phenols is 2. The molecule has 0 spiro atoms. The number of phenolic OH excluding ortho intramolecular Hbond substituents is 2. The molecule has 0 aromatic heterocycles. The molecule has 5 rings (SSSR count). The maximum Gasteiger partial charge on any atom is 0.245 e. The van der Waals surface area contributed by atoms with Crippen molar-refractivity contribution in [2.75, 3.05) is 26.2 Å². The Kier molecular flexibility index (Phi) is 29.5. The first kappa shape index (κ1) is 76.3. The maximum atomic E-state index is 14.6. The van der Waals surface area contributed by atoms with Crippen LogP contribution in [0, 0.1) is 23.7 Å². The number of fused-ring (bicyclic) bond motifs is 2. The molecule has 0 aliphatic carbocycles. The molecule has 0 radical (unpaired) electrons. The molecule has 12 atom stereocenters. The molecule has 3 aliphatic rings. The Bertz CT molecular complexity index is 2770. The van der Waals surface area contributed by atoms with Crippen molar-refractivity contribution in [3.05, 3.63) is 59.7 Å². The summed E-state index contributed by atoms with van der Waals surface area (Å²) in [6.45, 7) is 17.2. The van der Waals surface area contributed by atoms with Crippen LogP contribution < -0.4 is 64.6 Å². The summed E-state index contributed by atoms with van der Waals surface area (Å²) in [5, 5.41) is 47.7. The predicted molar refractivity (Wildman–Crippen MR) is 349 cm³/mol. The minimum Gasteiger partial charge on any atom is -0.508 e. The van der Waals surface area contributed by atoms with E-state index in [0.29, 0.717) is 24.0 Å². The second-order valence-electron chi connectivity index (χ2n) is 26.5. The third-order valence-corrected chi connectivity index (χ3v) is 17.0. The van der Waals surface area contributed by atoms with Crippen LogP contribution in [0.2, 0.25) is 0 Å². The van der Waals surface area contributed by atoms with Gasteiger partial charge in [0.1, 0.15) is 84.0 Å². The largest absolute Gasteiger partial charge is 0.508 e. The fourth-order valence-corrected chi connectivity index (χ4v) is 11.8. The van der Waals surface area contributed by atoms with Gasteiger partial charge in [-0.05, 0) is 150 Å². The van der Waals surface area contributed by atoms with E-state index < -0.39 is 155 Å². The van der Waals surface area contributed by atoms with Gasteiger partial charge in [-0.1, -0.05) is 79.7 Å². The summed E-state index contributed by atoms with van der Waals surface area (Å²) >= 11 is 0. The van der Waals surface area contributed by atoms with E-state index in [1.807, 2.05) is 27.7 Å². The SMILES string of the molecule is CC(C)C[C@@H]1NC(=O)[C@H](CCCN)NC(=O)[C@H](C(C)C)NC(=O)[C@@H](Cc2ccc(O)cc2)NC(=O)[C@@H]2CCCN2C(=O)[C@@H](C)NC(=O)[C@H](CC(C)C)NC(=O)[C@H](CCCN)NC(=O)[C@H](C(C)C)NC(=O)[C@@H](Cc2ccc(O)cc2)NC(=O)[C@@H]2CCCN2C(=O)[C@@H](C)NC1=O. The number of benzene rings is 2. The van der Waals surface area contributed by atoms with Crippen molar-refractivity contribution in [1.29, 1.82) is 0 Å². The zero-order valence-electron chi connectivity index (χ0n) is 56.0. The second kappa shape index (κ2) is 36.3. The molecule has 16 N–H and O–H groups in total. The van der Waals surface area contributed by atoms with E-state index >= 15 is 0 Å². The van der Waals surface area contributed by atoms with Crippen molar-refractivity contribution in [1.82, 2.24) is 63.0 Å². The Morgan fingerprint density at radius 1 is 0.404 bits per heavy atom. The lowest BCUT2D eigenvalue weighted by Gasteiger charge is -2.31. The van der Waals surface area contributed by atoms with Crippen molar-refractivity contribution in [2.45, 2.75) is 219 Å². The Labute approximate surface area is 550 Å². The van der Waals surface area contributed by atoms with Gasteiger partial charge in [0.2, 0.25) is 70.9 Å². The Morgan fingerprint density at radius 2 is 0.702 bits per heavy atom. The molecule has 12 amide bonds. The van der Waals surface area contributed by atoms with Crippen molar-refractivity contribution >= 4 is 70.9 Å². The highest BCUT2D eigenvalue weighted by Gasteiger charge is 2.43. The van der Waals surface area contributed by atoms with E-state index in [2.05, 4.69) is 53.2 Å². The number of hydrogen-bond acceptors (Lipinski definition) is 16. The molecule has 520 valence electrons. The molecule has 0 bridgehead atoms. The minimum atomic E-state index is -1.38. The van der Waals surface area contributed by atoms with Gasteiger partial charge < -0.3 is 84.6 Å². The van der Waals surface area contributed by atoms with E-state index in [9.17, 15) is 67.7 Å². The number of nitrogens with zero attached hydrogens (tertiary/aromatic N) is 2. The number of rotatable bonds is 16. The Balaban J connectivity index is 1.55. The molecule has 3 fully saturated rings. The predicted octanol–water partition coefficient (Wildman–Crippen LogP) is -0.352. The molecular formula is C66H102N14O14. The van der Waals surface area contributed by atoms with Gasteiger partial charge in [-0.15, -0.1) is 0 Å². The summed E-state index contributed by atoms with van der Waals surface area (Å²) in [4.78, 5) is 176. The normalized spacial score (nSPS) is 26.9. The van der Waals surface area contributed by atoms with Crippen LogP contribution in [0.5, 0.6) is 11.5 Å². The Hall–Kier alpha value is -8.40. The average molecular weight is 1320 g/mol. The van der Waals surface area contributed by atoms with Gasteiger partial charge in [0.15, 0.2) is 0 Å². The highest BCUT2D eigenvalue weighted by Crippen LogP contribution is 2.23. The third kappa shape index (κ3) is 22.4. The van der Waals surface area contributed by atoms with Gasteiger partial charge >= 0.3 is 0 Å². The maximum absolute atomic E-state index is 14.6. The van der Waals surface area contributed by atoms with E-state index in [4.69, 9.17) is 11.5 Å².